The van der Waals surface area contributed by atoms with Gasteiger partial charge in [-0.2, -0.15) is 4.98 Å². The fourth-order valence-corrected chi connectivity index (χ4v) is 3.69. The van der Waals surface area contributed by atoms with Gasteiger partial charge in [0.25, 0.3) is 0 Å². The van der Waals surface area contributed by atoms with Gasteiger partial charge in [-0.1, -0.05) is 11.8 Å². The summed E-state index contributed by atoms with van der Waals surface area (Å²) in [5.74, 6) is 1.01. The number of carbonyl (C=O) groups excluding carboxylic acids is 1. The van der Waals surface area contributed by atoms with Crippen LogP contribution >= 0.6 is 11.8 Å². The van der Waals surface area contributed by atoms with E-state index in [4.69, 9.17) is 4.74 Å². The number of benzene rings is 1. The lowest BCUT2D eigenvalue weighted by Gasteiger charge is -2.17. The summed E-state index contributed by atoms with van der Waals surface area (Å²) in [6.07, 6.45) is 3.98. The molecule has 1 N–H and O–H groups in total. The number of H-pyrrole nitrogens is 1. The minimum absolute atomic E-state index is 0.0179. The number of ketones is 1. The van der Waals surface area contributed by atoms with Crippen LogP contribution in [0.25, 0.3) is 0 Å². The molecule has 3 rings (SSSR count). The molecule has 0 radical (unpaired) electrons. The van der Waals surface area contributed by atoms with Crippen molar-refractivity contribution in [1.82, 2.24) is 9.97 Å². The number of rotatable bonds is 5. The van der Waals surface area contributed by atoms with Crippen LogP contribution in [0, 0.1) is 0 Å². The SMILES string of the molecule is COc1ccc(C(=O)CSc2nc(=O)[nH]c3c2CCCC3)cc1. The van der Waals surface area contributed by atoms with E-state index in [2.05, 4.69) is 9.97 Å². The number of fused-ring (bicyclic) bond motifs is 1. The van der Waals surface area contributed by atoms with Gasteiger partial charge in [0.2, 0.25) is 0 Å². The molecule has 0 amide bonds. The maximum absolute atomic E-state index is 12.3. The molecule has 1 aromatic heterocycles. The first-order valence-electron chi connectivity index (χ1n) is 7.59. The Morgan fingerprint density at radius 2 is 2.00 bits per heavy atom. The summed E-state index contributed by atoms with van der Waals surface area (Å²) in [4.78, 5) is 30.8. The van der Waals surface area contributed by atoms with Crippen molar-refractivity contribution < 1.29 is 9.53 Å². The first-order valence-corrected chi connectivity index (χ1v) is 8.58. The predicted molar refractivity (Wildman–Crippen MR) is 89.5 cm³/mol. The highest BCUT2D eigenvalue weighted by Crippen LogP contribution is 2.27. The van der Waals surface area contributed by atoms with Crippen molar-refractivity contribution in [2.75, 3.05) is 12.9 Å². The zero-order valence-corrected chi connectivity index (χ0v) is 13.7. The van der Waals surface area contributed by atoms with Crippen LogP contribution in [0.15, 0.2) is 34.1 Å². The second kappa shape index (κ2) is 7.00. The van der Waals surface area contributed by atoms with Gasteiger partial charge in [-0.05, 0) is 49.9 Å². The normalized spacial score (nSPS) is 13.4. The van der Waals surface area contributed by atoms with E-state index in [9.17, 15) is 9.59 Å². The Balaban J connectivity index is 1.73. The number of ether oxygens (including phenoxy) is 1. The number of methoxy groups -OCH3 is 1. The van der Waals surface area contributed by atoms with E-state index in [1.165, 1.54) is 11.8 Å². The number of aryl methyl sites for hydroxylation is 1. The fraction of sp³-hybridized carbons (Fsp3) is 0.353. The van der Waals surface area contributed by atoms with Gasteiger partial charge in [-0.25, -0.2) is 4.79 Å². The van der Waals surface area contributed by atoms with E-state index >= 15 is 0 Å². The molecule has 2 aromatic rings. The summed E-state index contributed by atoms with van der Waals surface area (Å²) >= 11 is 1.35. The fourth-order valence-electron chi connectivity index (χ4n) is 2.71. The van der Waals surface area contributed by atoms with Gasteiger partial charge < -0.3 is 9.72 Å². The van der Waals surface area contributed by atoms with Crippen molar-refractivity contribution in [3.8, 4) is 5.75 Å². The smallest absolute Gasteiger partial charge is 0.346 e. The van der Waals surface area contributed by atoms with Gasteiger partial charge in [0.05, 0.1) is 12.9 Å². The summed E-state index contributed by atoms with van der Waals surface area (Å²) in [5.41, 5.74) is 2.39. The molecule has 1 heterocycles. The maximum atomic E-state index is 12.3. The Morgan fingerprint density at radius 3 is 2.74 bits per heavy atom. The van der Waals surface area contributed by atoms with Crippen molar-refractivity contribution in [2.24, 2.45) is 0 Å². The summed E-state index contributed by atoms with van der Waals surface area (Å²) in [6.45, 7) is 0. The Labute approximate surface area is 138 Å². The van der Waals surface area contributed by atoms with Crippen molar-refractivity contribution in [3.63, 3.8) is 0 Å². The number of carbonyl (C=O) groups is 1. The average molecular weight is 330 g/mol. The predicted octanol–water partition coefficient (Wildman–Crippen LogP) is 2.63. The number of nitrogens with one attached hydrogen (secondary N) is 1. The first-order chi connectivity index (χ1) is 11.2. The summed E-state index contributed by atoms with van der Waals surface area (Å²) in [6, 6.07) is 7.04. The molecule has 0 saturated heterocycles. The monoisotopic (exact) mass is 330 g/mol. The molecule has 1 aromatic carbocycles. The molecule has 1 aliphatic rings. The molecular formula is C17H18N2O3S. The van der Waals surface area contributed by atoms with Crippen LogP contribution in [0.2, 0.25) is 0 Å². The zero-order valence-electron chi connectivity index (χ0n) is 12.9. The number of hydrogen-bond donors (Lipinski definition) is 1. The van der Waals surface area contributed by atoms with Crippen LogP contribution in [0.5, 0.6) is 5.75 Å². The molecule has 0 bridgehead atoms. The number of Topliss-reactive ketones (excluding diaryl/α,β-unsaturated/α-hetero) is 1. The van der Waals surface area contributed by atoms with Crippen LogP contribution in [0.4, 0.5) is 0 Å². The minimum Gasteiger partial charge on any atom is -0.497 e. The van der Waals surface area contributed by atoms with Crippen molar-refractivity contribution in [3.05, 3.63) is 51.6 Å². The lowest BCUT2D eigenvalue weighted by molar-refractivity contribution is 0.102. The van der Waals surface area contributed by atoms with Crippen molar-refractivity contribution in [1.29, 1.82) is 0 Å². The number of aromatic nitrogens is 2. The van der Waals surface area contributed by atoms with Gasteiger partial charge in [-0.3, -0.25) is 4.79 Å². The molecule has 0 spiro atoms. The number of hydrogen-bond acceptors (Lipinski definition) is 5. The topological polar surface area (TPSA) is 72.0 Å². The third kappa shape index (κ3) is 3.64. The number of aromatic amines is 1. The molecule has 6 heteroatoms. The third-order valence-corrected chi connectivity index (χ3v) is 4.96. The molecule has 0 aliphatic heterocycles. The summed E-state index contributed by atoms with van der Waals surface area (Å²) in [5, 5.41) is 0.699. The van der Waals surface area contributed by atoms with Gasteiger partial charge >= 0.3 is 5.69 Å². The summed E-state index contributed by atoms with van der Waals surface area (Å²) < 4.78 is 5.09. The number of nitrogens with zero attached hydrogens (tertiary/aromatic N) is 1. The van der Waals surface area contributed by atoms with E-state index in [0.717, 1.165) is 42.7 Å². The van der Waals surface area contributed by atoms with Crippen LogP contribution in [-0.2, 0) is 12.8 Å². The first kappa shape index (κ1) is 15.8. The Hall–Kier alpha value is -2.08. The molecule has 1 aliphatic carbocycles. The van der Waals surface area contributed by atoms with E-state index < -0.39 is 0 Å². The standard InChI is InChI=1S/C17H18N2O3S/c1-22-12-8-6-11(7-9-12)15(20)10-23-16-13-4-2-3-5-14(13)18-17(21)19-16/h6-9H,2-5,10H2,1H3,(H,18,19,21). The van der Waals surface area contributed by atoms with Gasteiger partial charge in [0, 0.05) is 16.8 Å². The quantitative estimate of drug-likeness (QED) is 0.518. The van der Waals surface area contributed by atoms with Crippen molar-refractivity contribution >= 4 is 17.5 Å². The lowest BCUT2D eigenvalue weighted by atomic mass is 9.98. The Kier molecular flexibility index (Phi) is 4.81. The summed E-state index contributed by atoms with van der Waals surface area (Å²) in [7, 11) is 1.59. The highest BCUT2D eigenvalue weighted by Gasteiger charge is 2.17. The molecule has 23 heavy (non-hydrogen) atoms. The Morgan fingerprint density at radius 1 is 1.26 bits per heavy atom. The average Bonchev–Trinajstić information content (AvgIpc) is 2.59. The largest absolute Gasteiger partial charge is 0.497 e. The van der Waals surface area contributed by atoms with Gasteiger partial charge in [0.15, 0.2) is 5.78 Å². The highest BCUT2D eigenvalue weighted by molar-refractivity contribution is 8.00. The molecule has 0 unspecified atom stereocenters. The van der Waals surface area contributed by atoms with E-state index in [0.29, 0.717) is 10.6 Å². The van der Waals surface area contributed by atoms with Crippen LogP contribution in [-0.4, -0.2) is 28.6 Å². The van der Waals surface area contributed by atoms with Crippen LogP contribution < -0.4 is 10.4 Å². The zero-order chi connectivity index (χ0) is 16.2. The second-order valence-electron chi connectivity index (χ2n) is 5.45. The molecule has 0 atom stereocenters. The van der Waals surface area contributed by atoms with Gasteiger partial charge in [-0.15, -0.1) is 0 Å². The van der Waals surface area contributed by atoms with Gasteiger partial charge in [0.1, 0.15) is 10.8 Å². The Bertz CT molecular complexity index is 768. The molecule has 0 fully saturated rings. The number of thioether (sulfide) groups is 1. The van der Waals surface area contributed by atoms with Crippen LogP contribution in [0.1, 0.15) is 34.5 Å². The third-order valence-electron chi connectivity index (χ3n) is 3.94. The van der Waals surface area contributed by atoms with E-state index in [-0.39, 0.29) is 17.2 Å². The maximum Gasteiger partial charge on any atom is 0.346 e. The van der Waals surface area contributed by atoms with Crippen LogP contribution in [0.3, 0.4) is 0 Å². The van der Waals surface area contributed by atoms with E-state index in [1.54, 1.807) is 31.4 Å². The molecular weight excluding hydrogens is 312 g/mol. The van der Waals surface area contributed by atoms with E-state index in [1.807, 2.05) is 0 Å². The molecule has 0 saturated carbocycles. The minimum atomic E-state index is -0.329. The van der Waals surface area contributed by atoms with Crippen molar-refractivity contribution in [2.45, 2.75) is 30.7 Å². The lowest BCUT2D eigenvalue weighted by Crippen LogP contribution is -2.20. The molecule has 5 nitrogen and oxygen atoms in total. The second-order valence-corrected chi connectivity index (χ2v) is 6.42. The highest BCUT2D eigenvalue weighted by atomic mass is 32.2. The molecule has 120 valence electrons.